The van der Waals surface area contributed by atoms with Gasteiger partial charge in [-0.15, -0.1) is 0 Å². The normalized spacial score (nSPS) is 11.9. The summed E-state index contributed by atoms with van der Waals surface area (Å²) in [4.78, 5) is 0. The zero-order chi connectivity index (χ0) is 17.5. The molecule has 0 saturated heterocycles. The minimum Gasteiger partial charge on any atom is -0.460 e. The van der Waals surface area contributed by atoms with E-state index in [1.54, 1.807) is 0 Å². The number of furan rings is 1. The molecule has 0 unspecified atom stereocenters. The third-order valence-corrected chi connectivity index (χ3v) is 5.44. The molecule has 0 radical (unpaired) electrons. The minimum absolute atomic E-state index is 1.03. The van der Waals surface area contributed by atoms with Crippen LogP contribution in [0.15, 0.2) is 71.1 Å². The van der Waals surface area contributed by atoms with Gasteiger partial charge in [0.2, 0.25) is 0 Å². The van der Waals surface area contributed by atoms with Crippen LogP contribution in [-0.2, 0) is 6.42 Å². The van der Waals surface area contributed by atoms with E-state index in [0.29, 0.717) is 0 Å². The first-order chi connectivity index (χ1) is 12.8. The Bertz CT molecular complexity index is 1240. The van der Waals surface area contributed by atoms with E-state index in [1.807, 2.05) is 0 Å². The van der Waals surface area contributed by atoms with Crippen LogP contribution < -0.4 is 0 Å². The fourth-order valence-electron chi connectivity index (χ4n) is 4.05. The second-order valence-corrected chi connectivity index (χ2v) is 7.23. The Morgan fingerprint density at radius 2 is 1.42 bits per heavy atom. The van der Waals surface area contributed by atoms with Crippen molar-refractivity contribution < 1.29 is 4.42 Å². The van der Waals surface area contributed by atoms with Crippen molar-refractivity contribution >= 4 is 43.3 Å². The molecule has 1 aromatic heterocycles. The van der Waals surface area contributed by atoms with Gasteiger partial charge in [0.05, 0.1) is 0 Å². The van der Waals surface area contributed by atoms with Crippen molar-refractivity contribution in [3.05, 3.63) is 72.5 Å². The molecule has 0 bridgehead atoms. The quantitative estimate of drug-likeness (QED) is 0.186. The Balaban J connectivity index is 1.73. The lowest BCUT2D eigenvalue weighted by atomic mass is 9.97. The van der Waals surface area contributed by atoms with Crippen molar-refractivity contribution in [1.82, 2.24) is 0 Å². The van der Waals surface area contributed by atoms with Gasteiger partial charge < -0.3 is 4.42 Å². The molecule has 0 atom stereocenters. The zero-order valence-corrected chi connectivity index (χ0v) is 15.1. The van der Waals surface area contributed by atoms with Crippen molar-refractivity contribution in [3.63, 3.8) is 0 Å². The molecule has 4 aromatic carbocycles. The third-order valence-electron chi connectivity index (χ3n) is 5.44. The van der Waals surface area contributed by atoms with E-state index in [-0.39, 0.29) is 0 Å². The first-order valence-corrected chi connectivity index (χ1v) is 9.60. The fourth-order valence-corrected chi connectivity index (χ4v) is 4.05. The van der Waals surface area contributed by atoms with Crippen LogP contribution in [0.4, 0.5) is 0 Å². The highest BCUT2D eigenvalue weighted by Gasteiger charge is 2.10. The summed E-state index contributed by atoms with van der Waals surface area (Å²) in [6, 6.07) is 24.3. The lowest BCUT2D eigenvalue weighted by molar-refractivity contribution is 0.533. The Kier molecular flexibility index (Phi) is 3.67. The maximum atomic E-state index is 6.26. The average Bonchev–Trinajstić information content (AvgIpc) is 3.09. The van der Waals surface area contributed by atoms with Crippen molar-refractivity contribution in [1.29, 1.82) is 0 Å². The summed E-state index contributed by atoms with van der Waals surface area (Å²) in [6.07, 6.45) is 4.73. The molecule has 1 heteroatoms. The number of unbranched alkanes of at least 4 members (excludes halogenated alkanes) is 2. The molecular formula is C25H22O. The maximum absolute atomic E-state index is 6.26. The van der Waals surface area contributed by atoms with E-state index in [1.165, 1.54) is 57.0 Å². The predicted molar refractivity (Wildman–Crippen MR) is 112 cm³/mol. The van der Waals surface area contributed by atoms with Crippen molar-refractivity contribution in [2.45, 2.75) is 32.6 Å². The molecule has 0 fully saturated rings. The van der Waals surface area contributed by atoms with Gasteiger partial charge in [-0.2, -0.15) is 0 Å². The van der Waals surface area contributed by atoms with Crippen LogP contribution in [-0.4, -0.2) is 0 Å². The van der Waals surface area contributed by atoms with E-state index in [0.717, 1.165) is 17.8 Å². The molecule has 0 aliphatic heterocycles. The van der Waals surface area contributed by atoms with Crippen LogP contribution in [0, 0.1) is 0 Å². The fraction of sp³-hybridized carbons (Fsp3) is 0.200. The van der Waals surface area contributed by atoms with Gasteiger partial charge in [0, 0.05) is 17.2 Å². The van der Waals surface area contributed by atoms with Gasteiger partial charge in [-0.3, -0.25) is 0 Å². The summed E-state index contributed by atoms with van der Waals surface area (Å²) >= 11 is 0. The van der Waals surface area contributed by atoms with Crippen molar-refractivity contribution in [2.24, 2.45) is 0 Å². The monoisotopic (exact) mass is 338 g/mol. The summed E-state index contributed by atoms with van der Waals surface area (Å²) < 4.78 is 6.26. The van der Waals surface area contributed by atoms with Gasteiger partial charge in [-0.05, 0) is 57.6 Å². The Hall–Kier alpha value is -2.80. The predicted octanol–water partition coefficient (Wildman–Crippen LogP) is 7.63. The molecular weight excluding hydrogens is 316 g/mol. The average molecular weight is 338 g/mol. The summed E-state index contributed by atoms with van der Waals surface area (Å²) in [5.41, 5.74) is 1.03. The Morgan fingerprint density at radius 3 is 2.27 bits per heavy atom. The maximum Gasteiger partial charge on any atom is 0.142 e. The molecule has 0 amide bonds. The van der Waals surface area contributed by atoms with Crippen LogP contribution in [0.5, 0.6) is 0 Å². The smallest absolute Gasteiger partial charge is 0.142 e. The molecule has 0 saturated carbocycles. The molecule has 0 spiro atoms. The van der Waals surface area contributed by atoms with E-state index in [4.69, 9.17) is 4.42 Å². The van der Waals surface area contributed by atoms with Crippen molar-refractivity contribution in [3.8, 4) is 0 Å². The lowest BCUT2D eigenvalue weighted by Crippen LogP contribution is -1.81. The molecule has 0 aliphatic carbocycles. The van der Waals surface area contributed by atoms with Crippen LogP contribution in [0.3, 0.4) is 0 Å². The van der Waals surface area contributed by atoms with Crippen LogP contribution in [0.1, 0.15) is 31.9 Å². The third kappa shape index (κ3) is 2.47. The largest absolute Gasteiger partial charge is 0.460 e. The number of rotatable bonds is 4. The number of fused-ring (bicyclic) bond motifs is 6. The molecule has 128 valence electrons. The standard InChI is InChI=1S/C25H22O/c1-2-3-4-9-21-15-20-11-12-22-23(25(20)26-21)13-10-19-14-17-7-5-6-8-18(17)16-24(19)22/h5-8,10-16H,2-4,9H2,1H3. The second-order valence-electron chi connectivity index (χ2n) is 7.23. The van der Waals surface area contributed by atoms with Gasteiger partial charge in [-0.25, -0.2) is 0 Å². The van der Waals surface area contributed by atoms with E-state index >= 15 is 0 Å². The molecule has 5 aromatic rings. The van der Waals surface area contributed by atoms with E-state index in [2.05, 4.69) is 73.7 Å². The van der Waals surface area contributed by atoms with E-state index < -0.39 is 0 Å². The SMILES string of the molecule is CCCCCc1cc2ccc3c4cc5ccccc5cc4ccc3c2o1. The van der Waals surface area contributed by atoms with Gasteiger partial charge in [0.15, 0.2) is 0 Å². The summed E-state index contributed by atoms with van der Waals surface area (Å²) in [5.74, 6) is 1.11. The lowest BCUT2D eigenvalue weighted by Gasteiger charge is -2.07. The van der Waals surface area contributed by atoms with Crippen LogP contribution in [0.2, 0.25) is 0 Å². The van der Waals surface area contributed by atoms with E-state index in [9.17, 15) is 0 Å². The van der Waals surface area contributed by atoms with Crippen molar-refractivity contribution in [2.75, 3.05) is 0 Å². The van der Waals surface area contributed by atoms with Gasteiger partial charge in [0.25, 0.3) is 0 Å². The zero-order valence-electron chi connectivity index (χ0n) is 15.1. The minimum atomic E-state index is 1.03. The highest BCUT2D eigenvalue weighted by Crippen LogP contribution is 2.35. The number of benzene rings is 4. The molecule has 1 heterocycles. The Morgan fingerprint density at radius 1 is 0.654 bits per heavy atom. The molecule has 0 aliphatic rings. The Labute approximate surface area is 153 Å². The highest BCUT2D eigenvalue weighted by atomic mass is 16.3. The van der Waals surface area contributed by atoms with Gasteiger partial charge in [-0.1, -0.05) is 62.2 Å². The molecule has 5 rings (SSSR count). The number of hydrogen-bond donors (Lipinski definition) is 0. The summed E-state index contributed by atoms with van der Waals surface area (Å²) in [5, 5.41) is 8.85. The topological polar surface area (TPSA) is 13.1 Å². The highest BCUT2D eigenvalue weighted by molar-refractivity contribution is 6.17. The second kappa shape index (κ2) is 6.17. The molecule has 1 nitrogen and oxygen atoms in total. The molecule has 26 heavy (non-hydrogen) atoms. The number of aryl methyl sites for hydroxylation is 1. The van der Waals surface area contributed by atoms with Gasteiger partial charge >= 0.3 is 0 Å². The summed E-state index contributed by atoms with van der Waals surface area (Å²) in [7, 11) is 0. The first-order valence-electron chi connectivity index (χ1n) is 9.60. The molecule has 0 N–H and O–H groups in total. The van der Waals surface area contributed by atoms with Crippen LogP contribution in [0.25, 0.3) is 43.3 Å². The van der Waals surface area contributed by atoms with Gasteiger partial charge in [0.1, 0.15) is 11.3 Å². The first kappa shape index (κ1) is 15.5. The van der Waals surface area contributed by atoms with Crippen LogP contribution >= 0.6 is 0 Å². The number of hydrogen-bond acceptors (Lipinski definition) is 1. The summed E-state index contributed by atoms with van der Waals surface area (Å²) in [6.45, 7) is 2.24.